The van der Waals surface area contributed by atoms with Gasteiger partial charge in [-0.3, -0.25) is 0 Å². The number of alkyl halides is 3. The molecule has 0 N–H and O–H groups in total. The van der Waals surface area contributed by atoms with Crippen LogP contribution in [-0.2, 0) is 14.3 Å². The van der Waals surface area contributed by atoms with E-state index in [0.717, 1.165) is 18.6 Å². The van der Waals surface area contributed by atoms with Crippen molar-refractivity contribution in [2.75, 3.05) is 0 Å². The maximum Gasteiger partial charge on any atom is 0.534 e. The smallest absolute Gasteiger partial charge is 0.381 e. The molecule has 0 amide bonds. The molecule has 0 saturated heterocycles. The Labute approximate surface area is 86.4 Å². The summed E-state index contributed by atoms with van der Waals surface area (Å²) in [5, 5.41) is 0. The molecule has 0 aliphatic rings. The first-order valence-corrected chi connectivity index (χ1v) is 5.29. The van der Waals surface area contributed by atoms with Gasteiger partial charge in [0.05, 0.1) is 0 Å². The van der Waals surface area contributed by atoms with Crippen LogP contribution in [0.3, 0.4) is 0 Å². The average Bonchev–Trinajstić information content (AvgIpc) is 1.97. The third-order valence-corrected chi connectivity index (χ3v) is 2.23. The Bertz CT molecular complexity index is 372. The van der Waals surface area contributed by atoms with E-state index in [9.17, 15) is 21.6 Å². The minimum absolute atomic E-state index is 0.339. The Balaban J connectivity index is 4.78. The fourth-order valence-electron chi connectivity index (χ4n) is 0.532. The molecule has 0 atom stereocenters. The first-order valence-electron chi connectivity index (χ1n) is 3.89. The first-order chi connectivity index (χ1) is 6.56. The van der Waals surface area contributed by atoms with Crippen LogP contribution in [0.15, 0.2) is 23.5 Å². The molecule has 0 fully saturated rings. The molecule has 0 aliphatic heterocycles. The first kappa shape index (κ1) is 14.0. The number of rotatable bonds is 3. The summed E-state index contributed by atoms with van der Waals surface area (Å²) >= 11 is 0. The lowest BCUT2D eigenvalue weighted by Crippen LogP contribution is -2.24. The normalized spacial score (nSPS) is 13.6. The summed E-state index contributed by atoms with van der Waals surface area (Å²) in [6.07, 6.45) is 2.60. The van der Waals surface area contributed by atoms with E-state index in [4.69, 9.17) is 0 Å². The summed E-state index contributed by atoms with van der Waals surface area (Å²) in [6, 6.07) is 0. The molecule has 0 radical (unpaired) electrons. The van der Waals surface area contributed by atoms with Crippen molar-refractivity contribution in [1.29, 1.82) is 0 Å². The highest BCUT2D eigenvalue weighted by molar-refractivity contribution is 7.87. The van der Waals surface area contributed by atoms with Crippen LogP contribution in [0.2, 0.25) is 0 Å². The van der Waals surface area contributed by atoms with E-state index in [1.165, 1.54) is 6.08 Å². The minimum atomic E-state index is -5.54. The lowest BCUT2D eigenvalue weighted by molar-refractivity contribution is -0.0521. The van der Waals surface area contributed by atoms with E-state index in [1.54, 1.807) is 13.8 Å². The molecule has 0 spiro atoms. The van der Waals surface area contributed by atoms with Crippen LogP contribution >= 0.6 is 0 Å². The number of hydrogen-bond acceptors (Lipinski definition) is 3. The molecular weight excluding hydrogens is 233 g/mol. The Kier molecular flexibility index (Phi) is 4.39. The third kappa shape index (κ3) is 4.87. The van der Waals surface area contributed by atoms with Crippen LogP contribution in [0.5, 0.6) is 0 Å². The van der Waals surface area contributed by atoms with Gasteiger partial charge in [-0.25, -0.2) is 0 Å². The number of hydrogen-bond donors (Lipinski definition) is 0. The van der Waals surface area contributed by atoms with Crippen LogP contribution < -0.4 is 0 Å². The minimum Gasteiger partial charge on any atom is -0.381 e. The summed E-state index contributed by atoms with van der Waals surface area (Å²) in [4.78, 5) is 0. The van der Waals surface area contributed by atoms with Gasteiger partial charge in [0.2, 0.25) is 0 Å². The van der Waals surface area contributed by atoms with Gasteiger partial charge < -0.3 is 4.18 Å². The van der Waals surface area contributed by atoms with Crippen molar-refractivity contribution in [2.45, 2.75) is 26.3 Å². The molecule has 0 aliphatic carbocycles. The van der Waals surface area contributed by atoms with Gasteiger partial charge in [-0.2, -0.15) is 21.6 Å². The second-order valence-corrected chi connectivity index (χ2v) is 4.54. The van der Waals surface area contributed by atoms with Gasteiger partial charge in [0.1, 0.15) is 5.76 Å². The van der Waals surface area contributed by atoms with E-state index in [0.29, 0.717) is 0 Å². The summed E-state index contributed by atoms with van der Waals surface area (Å²) in [7, 11) is -5.54. The second kappa shape index (κ2) is 4.69. The quantitative estimate of drug-likeness (QED) is 0.332. The van der Waals surface area contributed by atoms with Gasteiger partial charge >= 0.3 is 15.6 Å². The highest BCUT2D eigenvalue weighted by atomic mass is 32.2. The van der Waals surface area contributed by atoms with Crippen LogP contribution in [-0.4, -0.2) is 13.9 Å². The second-order valence-electron chi connectivity index (χ2n) is 3.00. The molecule has 0 heterocycles. The Morgan fingerprint density at radius 3 is 1.93 bits per heavy atom. The monoisotopic (exact) mass is 244 g/mol. The van der Waals surface area contributed by atoms with Gasteiger partial charge in [-0.1, -0.05) is 11.6 Å². The van der Waals surface area contributed by atoms with Crippen molar-refractivity contribution in [3.05, 3.63) is 23.5 Å². The fourth-order valence-corrected chi connectivity index (χ4v) is 1.03. The molecule has 0 aromatic carbocycles. The highest BCUT2D eigenvalue weighted by Crippen LogP contribution is 2.26. The van der Waals surface area contributed by atoms with Crippen molar-refractivity contribution < 1.29 is 25.8 Å². The van der Waals surface area contributed by atoms with Gasteiger partial charge in [-0.05, 0) is 26.8 Å². The van der Waals surface area contributed by atoms with Crippen LogP contribution in [0.1, 0.15) is 20.8 Å². The molecule has 0 saturated carbocycles. The number of allylic oxidation sites excluding steroid dienone is 4. The topological polar surface area (TPSA) is 43.4 Å². The molecule has 0 aromatic rings. The van der Waals surface area contributed by atoms with Crippen molar-refractivity contribution >= 4 is 10.1 Å². The molecule has 15 heavy (non-hydrogen) atoms. The van der Waals surface area contributed by atoms with Crippen LogP contribution in [0.4, 0.5) is 13.2 Å². The lowest BCUT2D eigenvalue weighted by atomic mass is 10.3. The summed E-state index contributed by atoms with van der Waals surface area (Å²) in [5.41, 5.74) is -4.59. The third-order valence-electron chi connectivity index (χ3n) is 1.18. The van der Waals surface area contributed by atoms with Crippen molar-refractivity contribution in [3.63, 3.8) is 0 Å². The molecule has 0 bridgehead atoms. The molecule has 0 rings (SSSR count). The predicted molar refractivity (Wildman–Crippen MR) is 49.2 cm³/mol. The summed E-state index contributed by atoms with van der Waals surface area (Å²) < 4.78 is 60.3. The summed E-state index contributed by atoms with van der Waals surface area (Å²) in [6.45, 7) is 4.55. The van der Waals surface area contributed by atoms with Crippen molar-refractivity contribution in [1.82, 2.24) is 0 Å². The number of halogens is 3. The van der Waals surface area contributed by atoms with E-state index in [2.05, 4.69) is 4.18 Å². The van der Waals surface area contributed by atoms with E-state index >= 15 is 0 Å². The lowest BCUT2D eigenvalue weighted by Gasteiger charge is -2.08. The average molecular weight is 244 g/mol. The maximum atomic E-state index is 11.8. The van der Waals surface area contributed by atoms with Crippen LogP contribution in [0.25, 0.3) is 0 Å². The van der Waals surface area contributed by atoms with Gasteiger partial charge in [0.25, 0.3) is 0 Å². The van der Waals surface area contributed by atoms with Gasteiger partial charge in [0, 0.05) is 0 Å². The van der Waals surface area contributed by atoms with Crippen LogP contribution in [0, 0.1) is 0 Å². The summed E-state index contributed by atoms with van der Waals surface area (Å²) in [5.74, 6) is -0.339. The molecule has 7 heteroatoms. The van der Waals surface area contributed by atoms with E-state index in [-0.39, 0.29) is 5.76 Å². The fraction of sp³-hybridized carbons (Fsp3) is 0.500. The zero-order valence-corrected chi connectivity index (χ0v) is 9.24. The zero-order chi connectivity index (χ0) is 12.3. The Morgan fingerprint density at radius 2 is 1.60 bits per heavy atom. The van der Waals surface area contributed by atoms with Crippen molar-refractivity contribution in [2.24, 2.45) is 0 Å². The van der Waals surface area contributed by atoms with Gasteiger partial charge in [-0.15, -0.1) is 0 Å². The molecule has 0 unspecified atom stereocenters. The Hall–Kier alpha value is -0.980. The predicted octanol–water partition coefficient (Wildman–Crippen LogP) is 2.72. The molecule has 3 nitrogen and oxygen atoms in total. The molecular formula is C8H11F3O3S. The molecule has 88 valence electrons. The Morgan fingerprint density at radius 1 is 1.13 bits per heavy atom. The van der Waals surface area contributed by atoms with E-state index < -0.39 is 15.6 Å². The standard InChI is InChI=1S/C8H11F3O3S/c1-6(2)4-5-7(3)14-15(12,13)8(9,10)11/h4-5H,1-3H3/b7-5+. The van der Waals surface area contributed by atoms with Crippen molar-refractivity contribution in [3.8, 4) is 0 Å². The maximum absolute atomic E-state index is 11.8. The zero-order valence-electron chi connectivity index (χ0n) is 8.42. The largest absolute Gasteiger partial charge is 0.534 e. The van der Waals surface area contributed by atoms with Gasteiger partial charge in [0.15, 0.2) is 0 Å². The molecule has 0 aromatic heterocycles. The van der Waals surface area contributed by atoms with E-state index in [1.807, 2.05) is 0 Å². The highest BCUT2D eigenvalue weighted by Gasteiger charge is 2.48. The SMILES string of the molecule is CC(C)=C/C=C(\C)OS(=O)(=O)C(F)(F)F.